The first kappa shape index (κ1) is 23.2. The van der Waals surface area contributed by atoms with E-state index in [9.17, 15) is 27.5 Å². The highest BCUT2D eigenvalue weighted by Gasteiger charge is 2.50. The molecule has 158 valence electrons. The highest BCUT2D eigenvalue weighted by Crippen LogP contribution is 2.38. The number of hydrogen-bond donors (Lipinski definition) is 4. The molecule has 0 saturated heterocycles. The first-order valence-corrected chi connectivity index (χ1v) is 9.30. The monoisotopic (exact) mass is 430 g/mol. The van der Waals surface area contributed by atoms with Crippen molar-refractivity contribution in [2.45, 2.75) is 37.2 Å². The summed E-state index contributed by atoms with van der Waals surface area (Å²) in [4.78, 5) is 12.3. The van der Waals surface area contributed by atoms with Gasteiger partial charge in [0.15, 0.2) is 6.10 Å². The minimum Gasteiger partial charge on any atom is -0.383 e. The fourth-order valence-electron chi connectivity index (χ4n) is 3.05. The van der Waals surface area contributed by atoms with Crippen LogP contribution in [0.2, 0.25) is 0 Å². The van der Waals surface area contributed by atoms with Gasteiger partial charge in [-0.05, 0) is 25.1 Å². The third-order valence-electron chi connectivity index (χ3n) is 4.89. The van der Waals surface area contributed by atoms with Crippen LogP contribution < -0.4 is 10.6 Å². The molecule has 0 aliphatic carbocycles. The van der Waals surface area contributed by atoms with E-state index in [0.717, 1.165) is 13.0 Å². The van der Waals surface area contributed by atoms with Crippen molar-refractivity contribution in [3.63, 3.8) is 0 Å². The van der Waals surface area contributed by atoms with Gasteiger partial charge >= 0.3 is 6.18 Å². The van der Waals surface area contributed by atoms with Gasteiger partial charge in [0.2, 0.25) is 0 Å². The van der Waals surface area contributed by atoms with Gasteiger partial charge in [0.1, 0.15) is 11.3 Å². The number of thiol groups is 1. The van der Waals surface area contributed by atoms with Crippen LogP contribution in [0.4, 0.5) is 17.6 Å². The maximum absolute atomic E-state index is 14.5. The molecule has 4 nitrogen and oxygen atoms in total. The van der Waals surface area contributed by atoms with Crippen molar-refractivity contribution >= 4 is 18.5 Å². The van der Waals surface area contributed by atoms with Crippen molar-refractivity contribution in [3.8, 4) is 0 Å². The summed E-state index contributed by atoms with van der Waals surface area (Å²) >= 11 is 4.20. The summed E-state index contributed by atoms with van der Waals surface area (Å²) < 4.78 is 53.9. The largest absolute Gasteiger partial charge is 0.414 e. The molecule has 0 bridgehead atoms. The second-order valence-corrected chi connectivity index (χ2v) is 7.36. The Morgan fingerprint density at radius 1 is 1.07 bits per heavy atom. The van der Waals surface area contributed by atoms with Gasteiger partial charge in [-0.25, -0.2) is 4.39 Å². The SMILES string of the molecule is C[C@@H](C(O)C(F)(F)F)[C@](C)(NC(S)NC(=O)c1ccccc1)c1ccccc1F. The third kappa shape index (κ3) is 5.49. The first-order chi connectivity index (χ1) is 13.5. The lowest BCUT2D eigenvalue weighted by atomic mass is 9.77. The standard InChI is InChI=1S/C20H22F4N2O2S/c1-12(16(27)20(22,23)24)19(2,14-10-6-7-11-15(14)21)26-18(29)25-17(28)13-8-4-3-5-9-13/h3-12,16,18,26-27,29H,1-2H3,(H,25,28)/t12-,16?,18?,19-/m0/s1. The van der Waals surface area contributed by atoms with Crippen LogP contribution >= 0.6 is 12.6 Å². The number of carbonyl (C=O) groups is 1. The number of alkyl halides is 3. The van der Waals surface area contributed by atoms with Crippen LogP contribution in [0.15, 0.2) is 54.6 Å². The Morgan fingerprint density at radius 2 is 1.62 bits per heavy atom. The molecule has 0 fully saturated rings. The van der Waals surface area contributed by atoms with Crippen LogP contribution in [0.3, 0.4) is 0 Å². The molecule has 0 aromatic heterocycles. The van der Waals surface area contributed by atoms with Crippen LogP contribution in [0.5, 0.6) is 0 Å². The first-order valence-electron chi connectivity index (χ1n) is 8.78. The van der Waals surface area contributed by atoms with Crippen molar-refractivity contribution < 1.29 is 27.5 Å². The van der Waals surface area contributed by atoms with E-state index in [1.54, 1.807) is 30.3 Å². The number of carbonyl (C=O) groups excluding carboxylic acids is 1. The van der Waals surface area contributed by atoms with E-state index in [1.807, 2.05) is 0 Å². The summed E-state index contributed by atoms with van der Waals surface area (Å²) in [5.41, 5.74) is -2.61. The number of amides is 1. The highest BCUT2D eigenvalue weighted by atomic mass is 32.1. The predicted molar refractivity (Wildman–Crippen MR) is 105 cm³/mol. The van der Waals surface area contributed by atoms with Gasteiger partial charge in [-0.15, -0.1) is 12.6 Å². The van der Waals surface area contributed by atoms with Crippen molar-refractivity contribution in [3.05, 3.63) is 71.5 Å². The van der Waals surface area contributed by atoms with Gasteiger partial charge < -0.3 is 10.4 Å². The zero-order valence-corrected chi connectivity index (χ0v) is 16.6. The average molecular weight is 430 g/mol. The number of benzene rings is 2. The average Bonchev–Trinajstić information content (AvgIpc) is 2.66. The van der Waals surface area contributed by atoms with Crippen LogP contribution in [0, 0.1) is 11.7 Å². The van der Waals surface area contributed by atoms with E-state index in [0.29, 0.717) is 5.56 Å². The molecule has 0 heterocycles. The topological polar surface area (TPSA) is 61.4 Å². The highest BCUT2D eigenvalue weighted by molar-refractivity contribution is 7.80. The molecule has 2 rings (SSSR count). The van der Waals surface area contributed by atoms with Crippen molar-refractivity contribution in [1.82, 2.24) is 10.6 Å². The van der Waals surface area contributed by atoms with Gasteiger partial charge in [-0.3, -0.25) is 10.1 Å². The second kappa shape index (κ2) is 9.15. The summed E-state index contributed by atoms with van der Waals surface area (Å²) in [7, 11) is 0. The molecule has 0 aliphatic rings. The molecule has 9 heteroatoms. The Kier molecular flexibility index (Phi) is 7.31. The fourth-order valence-corrected chi connectivity index (χ4v) is 3.44. The molecular weight excluding hydrogens is 408 g/mol. The number of aliphatic hydroxyl groups is 1. The Balaban J connectivity index is 2.33. The minimum atomic E-state index is -4.91. The Morgan fingerprint density at radius 3 is 2.17 bits per heavy atom. The quantitative estimate of drug-likeness (QED) is 0.307. The number of halogens is 4. The van der Waals surface area contributed by atoms with E-state index in [-0.39, 0.29) is 5.56 Å². The van der Waals surface area contributed by atoms with E-state index in [4.69, 9.17) is 0 Å². The molecule has 0 aliphatic heterocycles. The Labute approximate surface area is 171 Å². The van der Waals surface area contributed by atoms with Crippen LogP contribution in [-0.2, 0) is 5.54 Å². The lowest BCUT2D eigenvalue weighted by molar-refractivity contribution is -0.225. The Hall–Kier alpha value is -2.10. The van der Waals surface area contributed by atoms with Crippen molar-refractivity contribution in [2.75, 3.05) is 0 Å². The maximum atomic E-state index is 14.5. The molecular formula is C20H22F4N2O2S. The lowest BCUT2D eigenvalue weighted by Crippen LogP contribution is -2.58. The zero-order chi connectivity index (χ0) is 21.8. The summed E-state index contributed by atoms with van der Waals surface area (Å²) in [5, 5.41) is 15.1. The van der Waals surface area contributed by atoms with Gasteiger partial charge in [-0.1, -0.05) is 43.3 Å². The third-order valence-corrected chi connectivity index (χ3v) is 5.15. The number of aliphatic hydroxyl groups excluding tert-OH is 1. The zero-order valence-electron chi connectivity index (χ0n) is 15.7. The molecule has 1 amide bonds. The van der Waals surface area contributed by atoms with Crippen LogP contribution in [0.1, 0.15) is 29.8 Å². The van der Waals surface area contributed by atoms with Gasteiger partial charge in [0.25, 0.3) is 5.91 Å². The number of rotatable bonds is 7. The van der Waals surface area contributed by atoms with Crippen molar-refractivity contribution in [2.24, 2.45) is 5.92 Å². The molecule has 2 aromatic rings. The van der Waals surface area contributed by atoms with Crippen LogP contribution in [0.25, 0.3) is 0 Å². The summed E-state index contributed by atoms with van der Waals surface area (Å²) in [5.74, 6) is -2.78. The molecule has 2 unspecified atom stereocenters. The van der Waals surface area contributed by atoms with E-state index in [2.05, 4.69) is 23.3 Å². The predicted octanol–water partition coefficient (Wildman–Crippen LogP) is 3.83. The smallest absolute Gasteiger partial charge is 0.383 e. The van der Waals surface area contributed by atoms with E-state index in [1.165, 1.54) is 25.1 Å². The van der Waals surface area contributed by atoms with Gasteiger partial charge in [0, 0.05) is 17.0 Å². The molecule has 4 atom stereocenters. The van der Waals surface area contributed by atoms with E-state index >= 15 is 0 Å². The van der Waals surface area contributed by atoms with Gasteiger partial charge in [-0.2, -0.15) is 13.2 Å². The molecule has 3 N–H and O–H groups in total. The Bertz CT molecular complexity index is 835. The molecule has 0 saturated carbocycles. The number of nitrogens with one attached hydrogen (secondary N) is 2. The summed E-state index contributed by atoms with van der Waals surface area (Å²) in [6, 6.07) is 13.5. The molecule has 0 radical (unpaired) electrons. The summed E-state index contributed by atoms with van der Waals surface area (Å²) in [6.07, 6.45) is -7.64. The van der Waals surface area contributed by atoms with Crippen molar-refractivity contribution in [1.29, 1.82) is 0 Å². The number of hydrogen-bond acceptors (Lipinski definition) is 4. The molecule has 2 aromatic carbocycles. The minimum absolute atomic E-state index is 0.0937. The normalized spacial score (nSPS) is 17.1. The van der Waals surface area contributed by atoms with Crippen LogP contribution in [-0.4, -0.2) is 28.8 Å². The van der Waals surface area contributed by atoms with Gasteiger partial charge in [0.05, 0.1) is 5.54 Å². The molecule has 29 heavy (non-hydrogen) atoms. The lowest BCUT2D eigenvalue weighted by Gasteiger charge is -2.41. The summed E-state index contributed by atoms with van der Waals surface area (Å²) in [6.45, 7) is 2.47. The maximum Gasteiger partial charge on any atom is 0.414 e. The van der Waals surface area contributed by atoms with E-state index < -0.39 is 41.0 Å². The fraction of sp³-hybridized carbons (Fsp3) is 0.350. The molecule has 0 spiro atoms. The second-order valence-electron chi connectivity index (χ2n) is 6.84.